The number of aryl methyl sites for hydroxylation is 2. The van der Waals surface area contributed by atoms with E-state index in [9.17, 15) is 4.79 Å². The molecule has 0 bridgehead atoms. The van der Waals surface area contributed by atoms with Gasteiger partial charge in [-0.25, -0.2) is 4.98 Å². The highest BCUT2D eigenvalue weighted by Gasteiger charge is 2.24. The Morgan fingerprint density at radius 1 is 1.03 bits per heavy atom. The number of aromatic nitrogens is 3. The third kappa shape index (κ3) is 4.43. The number of morpholine rings is 1. The van der Waals surface area contributed by atoms with E-state index in [0.717, 1.165) is 67.3 Å². The van der Waals surface area contributed by atoms with Crippen LogP contribution < -0.4 is 15.5 Å². The van der Waals surface area contributed by atoms with E-state index in [4.69, 9.17) is 9.26 Å². The molecule has 2 aliphatic rings. The van der Waals surface area contributed by atoms with Crippen LogP contribution in [0.4, 0.5) is 23.1 Å². The van der Waals surface area contributed by atoms with Crippen molar-refractivity contribution in [2.24, 2.45) is 0 Å². The predicted molar refractivity (Wildman–Crippen MR) is 121 cm³/mol. The van der Waals surface area contributed by atoms with Gasteiger partial charge in [0.25, 0.3) is 5.91 Å². The minimum absolute atomic E-state index is 0.241. The van der Waals surface area contributed by atoms with Gasteiger partial charge in [0.15, 0.2) is 5.69 Å². The van der Waals surface area contributed by atoms with Gasteiger partial charge in [-0.15, -0.1) is 0 Å². The Hall–Kier alpha value is -3.46. The zero-order valence-electron chi connectivity index (χ0n) is 18.1. The van der Waals surface area contributed by atoms with Gasteiger partial charge in [-0.1, -0.05) is 5.16 Å². The lowest BCUT2D eigenvalue weighted by atomic mass is 9.96. The molecular formula is C23H26N6O3. The van der Waals surface area contributed by atoms with Gasteiger partial charge >= 0.3 is 0 Å². The first-order valence-electron chi connectivity index (χ1n) is 11.0. The molecule has 0 atom stereocenters. The number of nitrogens with zero attached hydrogens (tertiary/aromatic N) is 4. The molecule has 1 fully saturated rings. The summed E-state index contributed by atoms with van der Waals surface area (Å²) in [6.45, 7) is 5.00. The minimum Gasteiger partial charge on any atom is -0.378 e. The van der Waals surface area contributed by atoms with Crippen LogP contribution in [0.2, 0.25) is 0 Å². The van der Waals surface area contributed by atoms with Crippen LogP contribution in [0.1, 0.15) is 40.3 Å². The second kappa shape index (κ2) is 8.96. The zero-order chi connectivity index (χ0) is 21.9. The second-order valence-corrected chi connectivity index (χ2v) is 8.09. The van der Waals surface area contributed by atoms with Crippen molar-refractivity contribution in [3.63, 3.8) is 0 Å². The highest BCUT2D eigenvalue weighted by Crippen LogP contribution is 2.25. The Morgan fingerprint density at radius 3 is 2.59 bits per heavy atom. The molecule has 9 nitrogen and oxygen atoms in total. The van der Waals surface area contributed by atoms with Gasteiger partial charge in [0.1, 0.15) is 11.6 Å². The molecule has 0 radical (unpaired) electrons. The van der Waals surface area contributed by atoms with Crippen LogP contribution in [0.15, 0.2) is 34.9 Å². The van der Waals surface area contributed by atoms with E-state index < -0.39 is 0 Å². The van der Waals surface area contributed by atoms with Crippen LogP contribution >= 0.6 is 0 Å². The Kier molecular flexibility index (Phi) is 5.72. The lowest BCUT2D eigenvalue weighted by molar-refractivity contribution is 0.101. The number of amides is 1. The van der Waals surface area contributed by atoms with Crippen molar-refractivity contribution in [3.8, 4) is 0 Å². The van der Waals surface area contributed by atoms with Crippen molar-refractivity contribution < 1.29 is 14.1 Å². The summed E-state index contributed by atoms with van der Waals surface area (Å²) < 4.78 is 10.8. The Morgan fingerprint density at radius 2 is 1.78 bits per heavy atom. The lowest BCUT2D eigenvalue weighted by Gasteiger charge is -2.28. The van der Waals surface area contributed by atoms with Gasteiger partial charge in [0.2, 0.25) is 5.95 Å². The van der Waals surface area contributed by atoms with E-state index in [1.165, 1.54) is 0 Å². The topological polar surface area (TPSA) is 105 Å². The predicted octanol–water partition coefficient (Wildman–Crippen LogP) is 3.48. The first kappa shape index (κ1) is 20.4. The number of carbonyl (C=O) groups excluding carboxylic acids is 1. The van der Waals surface area contributed by atoms with Crippen LogP contribution in [0, 0.1) is 6.92 Å². The van der Waals surface area contributed by atoms with E-state index in [1.807, 2.05) is 37.3 Å². The summed E-state index contributed by atoms with van der Waals surface area (Å²) >= 11 is 0. The fourth-order valence-electron chi connectivity index (χ4n) is 4.08. The number of carbonyl (C=O) groups is 1. The van der Waals surface area contributed by atoms with E-state index in [0.29, 0.717) is 30.5 Å². The summed E-state index contributed by atoms with van der Waals surface area (Å²) in [6.07, 6.45) is 3.83. The van der Waals surface area contributed by atoms with Crippen molar-refractivity contribution in [3.05, 3.63) is 53.0 Å². The molecule has 32 heavy (non-hydrogen) atoms. The third-order valence-electron chi connectivity index (χ3n) is 5.74. The molecule has 1 amide bonds. The number of benzene rings is 1. The molecule has 5 rings (SSSR count). The molecule has 1 aliphatic heterocycles. The van der Waals surface area contributed by atoms with Crippen molar-refractivity contribution >= 4 is 29.0 Å². The smallest absolute Gasteiger partial charge is 0.278 e. The van der Waals surface area contributed by atoms with Crippen molar-refractivity contribution in [1.82, 2.24) is 15.1 Å². The summed E-state index contributed by atoms with van der Waals surface area (Å²) in [5, 5.41) is 10.2. The summed E-state index contributed by atoms with van der Waals surface area (Å²) in [5.74, 6) is 2.03. The quantitative estimate of drug-likeness (QED) is 0.629. The van der Waals surface area contributed by atoms with Gasteiger partial charge in [-0.3, -0.25) is 4.79 Å². The normalized spacial score (nSPS) is 15.8. The van der Waals surface area contributed by atoms with E-state index in [1.54, 1.807) is 0 Å². The number of nitrogens with one attached hydrogen (secondary N) is 2. The fraction of sp³-hybridized carbons (Fsp3) is 0.391. The van der Waals surface area contributed by atoms with Crippen LogP contribution in [0.3, 0.4) is 0 Å². The molecule has 3 heterocycles. The average Bonchev–Trinajstić information content (AvgIpc) is 3.25. The zero-order valence-corrected chi connectivity index (χ0v) is 18.1. The maximum absolute atomic E-state index is 12.7. The van der Waals surface area contributed by atoms with Gasteiger partial charge in [-0.05, 0) is 50.5 Å². The molecule has 2 aromatic heterocycles. The molecular weight excluding hydrogens is 408 g/mol. The van der Waals surface area contributed by atoms with Gasteiger partial charge in [0, 0.05) is 48.2 Å². The fourth-order valence-corrected chi connectivity index (χ4v) is 4.08. The minimum atomic E-state index is -0.241. The molecule has 0 unspecified atom stereocenters. The summed E-state index contributed by atoms with van der Waals surface area (Å²) in [5.41, 5.74) is 3.75. The first-order chi connectivity index (χ1) is 15.7. The number of anilines is 4. The number of rotatable bonds is 5. The molecule has 0 spiro atoms. The van der Waals surface area contributed by atoms with Gasteiger partial charge in [-0.2, -0.15) is 4.98 Å². The Balaban J connectivity index is 1.26. The van der Waals surface area contributed by atoms with E-state index in [2.05, 4.69) is 30.7 Å². The first-order valence-corrected chi connectivity index (χ1v) is 11.0. The maximum Gasteiger partial charge on any atom is 0.278 e. The highest BCUT2D eigenvalue weighted by atomic mass is 16.5. The van der Waals surface area contributed by atoms with Crippen LogP contribution in [0.5, 0.6) is 0 Å². The van der Waals surface area contributed by atoms with Crippen LogP contribution in [-0.4, -0.2) is 47.3 Å². The summed E-state index contributed by atoms with van der Waals surface area (Å²) in [6, 6.07) is 9.43. The summed E-state index contributed by atoms with van der Waals surface area (Å²) in [4.78, 5) is 24.0. The molecule has 9 heteroatoms. The van der Waals surface area contributed by atoms with Crippen molar-refractivity contribution in [1.29, 1.82) is 0 Å². The molecule has 0 saturated carbocycles. The monoisotopic (exact) mass is 434 g/mol. The number of hydrogen-bond acceptors (Lipinski definition) is 8. The molecule has 3 aromatic rings. The highest BCUT2D eigenvalue weighted by molar-refractivity contribution is 6.04. The molecule has 1 aromatic carbocycles. The molecule has 1 aliphatic carbocycles. The SMILES string of the molecule is Cc1cc(N2CCOCC2)nc(Nc2ccc(NC(=O)c3noc4c3CCCC4)cc2)n1. The van der Waals surface area contributed by atoms with Gasteiger partial charge in [0.05, 0.1) is 13.2 Å². The van der Waals surface area contributed by atoms with Crippen LogP contribution in [-0.2, 0) is 17.6 Å². The average molecular weight is 435 g/mol. The standard InChI is InChI=1S/C23H26N6O3/c1-15-14-20(29-10-12-31-13-11-29)27-23(24-15)26-17-8-6-16(7-9-17)25-22(30)21-18-4-2-3-5-19(18)32-28-21/h6-9,14H,2-5,10-13H2,1H3,(H,25,30)(H,24,26,27). The number of ether oxygens (including phenoxy) is 1. The number of hydrogen-bond donors (Lipinski definition) is 2. The summed E-state index contributed by atoms with van der Waals surface area (Å²) in [7, 11) is 0. The van der Waals surface area contributed by atoms with E-state index in [-0.39, 0.29) is 5.91 Å². The Labute approximate surface area is 186 Å². The molecule has 166 valence electrons. The molecule has 1 saturated heterocycles. The van der Waals surface area contributed by atoms with Crippen molar-refractivity contribution in [2.75, 3.05) is 41.8 Å². The van der Waals surface area contributed by atoms with Gasteiger partial charge < -0.3 is 24.8 Å². The third-order valence-corrected chi connectivity index (χ3v) is 5.74. The maximum atomic E-state index is 12.7. The largest absolute Gasteiger partial charge is 0.378 e. The molecule has 2 N–H and O–H groups in total. The Bertz CT molecular complexity index is 1110. The number of fused-ring (bicyclic) bond motifs is 1. The van der Waals surface area contributed by atoms with Crippen molar-refractivity contribution in [2.45, 2.75) is 32.6 Å². The van der Waals surface area contributed by atoms with Crippen LogP contribution in [0.25, 0.3) is 0 Å². The van der Waals surface area contributed by atoms with E-state index >= 15 is 0 Å². The lowest BCUT2D eigenvalue weighted by Crippen LogP contribution is -2.36. The second-order valence-electron chi connectivity index (χ2n) is 8.09.